The van der Waals surface area contributed by atoms with Gasteiger partial charge in [0, 0.05) is 10.6 Å². The molecule has 0 aliphatic rings. The number of nitrogens with one attached hydrogen (secondary N) is 1. The number of ether oxygens (including phenoxy) is 1. The van der Waals surface area contributed by atoms with E-state index in [1.807, 2.05) is 0 Å². The van der Waals surface area contributed by atoms with Gasteiger partial charge in [-0.1, -0.05) is 35.3 Å². The van der Waals surface area contributed by atoms with Crippen molar-refractivity contribution in [3.63, 3.8) is 0 Å². The number of halogens is 4. The average molecular weight is 393 g/mol. The van der Waals surface area contributed by atoms with Crippen molar-refractivity contribution in [2.24, 2.45) is 0 Å². The van der Waals surface area contributed by atoms with E-state index in [9.17, 15) is 4.39 Å². The lowest BCUT2D eigenvalue weighted by Gasteiger charge is -2.22. The first-order valence-corrected chi connectivity index (χ1v) is 7.68. The van der Waals surface area contributed by atoms with Gasteiger partial charge in [0.25, 0.3) is 0 Å². The number of hydrogen-bond donors (Lipinski definition) is 1. The second-order valence-corrected chi connectivity index (χ2v) is 6.04. The molecule has 0 aliphatic heterocycles. The molecule has 0 aromatic heterocycles. The molecule has 0 aliphatic carbocycles. The zero-order valence-electron chi connectivity index (χ0n) is 11.4. The Bertz CT molecular complexity index is 666. The Kier molecular flexibility index (Phi) is 5.49. The average Bonchev–Trinajstić information content (AvgIpc) is 2.44. The third-order valence-electron chi connectivity index (χ3n) is 3.13. The summed E-state index contributed by atoms with van der Waals surface area (Å²) in [5.74, 6) is 0.161. The van der Waals surface area contributed by atoms with Crippen LogP contribution in [0.5, 0.6) is 5.75 Å². The molecule has 1 atom stereocenters. The van der Waals surface area contributed by atoms with Gasteiger partial charge in [-0.3, -0.25) is 0 Å². The van der Waals surface area contributed by atoms with Crippen LogP contribution in [0.2, 0.25) is 10.0 Å². The number of hydrogen-bond acceptors (Lipinski definition) is 2. The monoisotopic (exact) mass is 391 g/mol. The molecule has 0 bridgehead atoms. The van der Waals surface area contributed by atoms with Crippen LogP contribution in [0, 0.1) is 5.82 Å². The van der Waals surface area contributed by atoms with Crippen molar-refractivity contribution in [3.05, 3.63) is 61.8 Å². The summed E-state index contributed by atoms with van der Waals surface area (Å²) in [6.45, 7) is 0. The smallest absolute Gasteiger partial charge is 0.142 e. The fraction of sp³-hybridized carbons (Fsp3) is 0.200. The Labute approximate surface area is 141 Å². The molecule has 0 amide bonds. The zero-order chi connectivity index (χ0) is 15.6. The van der Waals surface area contributed by atoms with Gasteiger partial charge in [0.05, 0.1) is 22.6 Å². The van der Waals surface area contributed by atoms with Crippen LogP contribution < -0.4 is 10.1 Å². The summed E-state index contributed by atoms with van der Waals surface area (Å²) in [5, 5.41) is 3.75. The molecule has 0 spiro atoms. The molecular weight excluding hydrogens is 380 g/mol. The molecular formula is C15H13BrCl2FNO. The molecule has 2 rings (SSSR count). The molecule has 1 N–H and O–H groups in total. The van der Waals surface area contributed by atoms with Crippen LogP contribution in [0.4, 0.5) is 4.39 Å². The number of benzene rings is 2. The summed E-state index contributed by atoms with van der Waals surface area (Å²) < 4.78 is 19.9. The largest absolute Gasteiger partial charge is 0.495 e. The van der Waals surface area contributed by atoms with E-state index in [0.717, 1.165) is 10.0 Å². The van der Waals surface area contributed by atoms with Crippen LogP contribution >= 0.6 is 39.1 Å². The first-order chi connectivity index (χ1) is 9.99. The molecule has 0 heterocycles. The van der Waals surface area contributed by atoms with Crippen molar-refractivity contribution in [1.29, 1.82) is 0 Å². The van der Waals surface area contributed by atoms with Crippen LogP contribution in [0.3, 0.4) is 0 Å². The highest BCUT2D eigenvalue weighted by atomic mass is 79.9. The van der Waals surface area contributed by atoms with Gasteiger partial charge < -0.3 is 10.1 Å². The van der Waals surface area contributed by atoms with Gasteiger partial charge in [0.1, 0.15) is 11.6 Å². The van der Waals surface area contributed by atoms with E-state index >= 15 is 0 Å². The molecule has 1 unspecified atom stereocenters. The second-order valence-electron chi connectivity index (χ2n) is 4.37. The minimum Gasteiger partial charge on any atom is -0.495 e. The molecule has 21 heavy (non-hydrogen) atoms. The summed E-state index contributed by atoms with van der Waals surface area (Å²) >= 11 is 15.6. The molecule has 6 heteroatoms. The summed E-state index contributed by atoms with van der Waals surface area (Å²) in [4.78, 5) is 0. The topological polar surface area (TPSA) is 21.3 Å². The zero-order valence-corrected chi connectivity index (χ0v) is 14.5. The Morgan fingerprint density at radius 1 is 1.24 bits per heavy atom. The second kappa shape index (κ2) is 6.97. The molecule has 0 radical (unpaired) electrons. The Hall–Kier alpha value is -0.810. The Morgan fingerprint density at radius 2 is 1.95 bits per heavy atom. The fourth-order valence-electron chi connectivity index (χ4n) is 2.23. The van der Waals surface area contributed by atoms with Crippen LogP contribution in [-0.4, -0.2) is 14.2 Å². The van der Waals surface area contributed by atoms with Gasteiger partial charge in [-0.25, -0.2) is 4.39 Å². The molecule has 0 saturated heterocycles. The Morgan fingerprint density at radius 3 is 2.57 bits per heavy atom. The SMILES string of the molecule is CNC(c1cccc(F)c1Cl)c1cc(Cl)cc(Br)c1OC. The van der Waals surface area contributed by atoms with Crippen molar-refractivity contribution >= 4 is 39.1 Å². The van der Waals surface area contributed by atoms with Crippen LogP contribution in [-0.2, 0) is 0 Å². The fourth-order valence-corrected chi connectivity index (χ4v) is 3.46. The van der Waals surface area contributed by atoms with Crippen LogP contribution in [0.25, 0.3) is 0 Å². The van der Waals surface area contributed by atoms with Gasteiger partial charge in [-0.15, -0.1) is 0 Å². The van der Waals surface area contributed by atoms with Crippen molar-refractivity contribution in [2.45, 2.75) is 6.04 Å². The summed E-state index contributed by atoms with van der Waals surface area (Å²) in [6, 6.07) is 7.87. The van der Waals surface area contributed by atoms with E-state index in [1.165, 1.54) is 6.07 Å². The maximum absolute atomic E-state index is 13.7. The first kappa shape index (κ1) is 16.6. The molecule has 2 nitrogen and oxygen atoms in total. The third-order valence-corrected chi connectivity index (χ3v) is 4.34. The predicted octanol–water partition coefficient (Wildman–Crippen LogP) is 5.21. The van der Waals surface area contributed by atoms with Crippen molar-refractivity contribution < 1.29 is 9.13 Å². The molecule has 2 aromatic rings. The summed E-state index contributed by atoms with van der Waals surface area (Å²) in [7, 11) is 3.33. The molecule has 0 fully saturated rings. The Balaban J connectivity index is 2.64. The lowest BCUT2D eigenvalue weighted by molar-refractivity contribution is 0.402. The minimum absolute atomic E-state index is 0.0787. The van der Waals surface area contributed by atoms with Crippen molar-refractivity contribution in [2.75, 3.05) is 14.2 Å². The highest BCUT2D eigenvalue weighted by Gasteiger charge is 2.22. The summed E-state index contributed by atoms with van der Waals surface area (Å²) in [6.07, 6.45) is 0. The first-order valence-electron chi connectivity index (χ1n) is 6.13. The molecule has 2 aromatic carbocycles. The molecule has 112 valence electrons. The molecule has 0 saturated carbocycles. The highest BCUT2D eigenvalue weighted by molar-refractivity contribution is 9.10. The number of methoxy groups -OCH3 is 1. The van der Waals surface area contributed by atoms with E-state index in [1.54, 1.807) is 38.4 Å². The van der Waals surface area contributed by atoms with Gasteiger partial charge in [-0.05, 0) is 46.7 Å². The summed E-state index contributed by atoms with van der Waals surface area (Å²) in [5.41, 5.74) is 1.39. The lowest BCUT2D eigenvalue weighted by Crippen LogP contribution is -2.19. The van der Waals surface area contributed by atoms with E-state index in [-0.39, 0.29) is 11.1 Å². The third kappa shape index (κ3) is 3.34. The standard InChI is InChI=1S/C15H13BrCl2FNO/c1-20-14(9-4-3-5-12(19)13(9)18)10-6-8(17)7-11(16)15(10)21-2/h3-7,14,20H,1-2H3. The normalized spacial score (nSPS) is 12.3. The van der Waals surface area contributed by atoms with Gasteiger partial charge in [0.15, 0.2) is 0 Å². The number of rotatable bonds is 4. The quantitative estimate of drug-likeness (QED) is 0.770. The van der Waals surface area contributed by atoms with Crippen molar-refractivity contribution in [1.82, 2.24) is 5.32 Å². The minimum atomic E-state index is -0.463. The van der Waals surface area contributed by atoms with E-state index in [0.29, 0.717) is 16.3 Å². The van der Waals surface area contributed by atoms with Gasteiger partial charge in [0.2, 0.25) is 0 Å². The predicted molar refractivity (Wildman–Crippen MR) is 88.0 cm³/mol. The lowest BCUT2D eigenvalue weighted by atomic mass is 9.97. The highest BCUT2D eigenvalue weighted by Crippen LogP contribution is 2.40. The maximum Gasteiger partial charge on any atom is 0.142 e. The van der Waals surface area contributed by atoms with Crippen LogP contribution in [0.15, 0.2) is 34.8 Å². The van der Waals surface area contributed by atoms with E-state index in [4.69, 9.17) is 27.9 Å². The van der Waals surface area contributed by atoms with Crippen LogP contribution in [0.1, 0.15) is 17.2 Å². The van der Waals surface area contributed by atoms with Gasteiger partial charge >= 0.3 is 0 Å². The van der Waals surface area contributed by atoms with Crippen molar-refractivity contribution in [3.8, 4) is 5.75 Å². The van der Waals surface area contributed by atoms with Gasteiger partial charge in [-0.2, -0.15) is 0 Å². The van der Waals surface area contributed by atoms with E-state index in [2.05, 4.69) is 21.2 Å². The maximum atomic E-state index is 13.7. The van der Waals surface area contributed by atoms with E-state index < -0.39 is 5.82 Å².